The molecule has 3 heterocycles. The number of hydrogen-bond donors (Lipinski definition) is 1. The minimum atomic E-state index is -0.0376. The monoisotopic (exact) mass is 394 g/mol. The molecule has 0 fully saturated rings. The Labute approximate surface area is 175 Å². The average molecular weight is 394 g/mol. The molecule has 5 nitrogen and oxygen atoms in total. The van der Waals surface area contributed by atoms with Gasteiger partial charge in [-0.3, -0.25) is 14.9 Å². The third-order valence-corrected chi connectivity index (χ3v) is 5.68. The first-order valence-electron chi connectivity index (χ1n) is 10.2. The summed E-state index contributed by atoms with van der Waals surface area (Å²) < 4.78 is 0. The molecule has 0 saturated carbocycles. The van der Waals surface area contributed by atoms with Crippen LogP contribution in [0.15, 0.2) is 85.1 Å². The second kappa shape index (κ2) is 7.95. The van der Waals surface area contributed by atoms with E-state index in [1.54, 1.807) is 12.3 Å². The predicted octanol–water partition coefficient (Wildman–Crippen LogP) is 4.18. The van der Waals surface area contributed by atoms with E-state index in [0.29, 0.717) is 18.8 Å². The van der Waals surface area contributed by atoms with E-state index >= 15 is 0 Å². The number of fused-ring (bicyclic) bond motifs is 1. The summed E-state index contributed by atoms with van der Waals surface area (Å²) in [5.74, 6) is -0.0262. The SMILES string of the molecule is O=C(c1ccccn1)N1CCc2[nH]nc(C(c3ccccc3)c3ccccc3)c2C1. The van der Waals surface area contributed by atoms with Crippen LogP contribution in [-0.2, 0) is 13.0 Å². The smallest absolute Gasteiger partial charge is 0.272 e. The molecule has 0 atom stereocenters. The van der Waals surface area contributed by atoms with Gasteiger partial charge in [-0.2, -0.15) is 5.10 Å². The van der Waals surface area contributed by atoms with Gasteiger partial charge in [0, 0.05) is 37.0 Å². The van der Waals surface area contributed by atoms with Crippen LogP contribution >= 0.6 is 0 Å². The Kier molecular flexibility index (Phi) is 4.85. The van der Waals surface area contributed by atoms with Gasteiger partial charge in [0.15, 0.2) is 0 Å². The first-order valence-corrected chi connectivity index (χ1v) is 10.2. The lowest BCUT2D eigenvalue weighted by atomic mass is 9.85. The molecule has 1 N–H and O–H groups in total. The van der Waals surface area contributed by atoms with Gasteiger partial charge >= 0.3 is 0 Å². The topological polar surface area (TPSA) is 61.9 Å². The quantitative estimate of drug-likeness (QED) is 0.565. The Morgan fingerprint density at radius 1 is 0.900 bits per heavy atom. The van der Waals surface area contributed by atoms with Crippen LogP contribution in [0.2, 0.25) is 0 Å². The zero-order valence-electron chi connectivity index (χ0n) is 16.5. The van der Waals surface area contributed by atoms with Gasteiger partial charge in [-0.05, 0) is 23.3 Å². The highest BCUT2D eigenvalue weighted by atomic mass is 16.2. The van der Waals surface area contributed by atoms with Gasteiger partial charge in [0.2, 0.25) is 0 Å². The molecule has 0 radical (unpaired) electrons. The fourth-order valence-electron chi connectivity index (χ4n) is 4.18. The van der Waals surface area contributed by atoms with Crippen LogP contribution < -0.4 is 0 Å². The third kappa shape index (κ3) is 3.39. The normalized spacial score (nSPS) is 13.3. The van der Waals surface area contributed by atoms with Gasteiger partial charge in [-0.1, -0.05) is 66.7 Å². The van der Waals surface area contributed by atoms with Gasteiger partial charge in [-0.15, -0.1) is 0 Å². The van der Waals surface area contributed by atoms with E-state index in [1.165, 1.54) is 11.1 Å². The van der Waals surface area contributed by atoms with Crippen molar-refractivity contribution in [3.8, 4) is 0 Å². The minimum absolute atomic E-state index is 0.0114. The van der Waals surface area contributed by atoms with Crippen LogP contribution in [0, 0.1) is 0 Å². The van der Waals surface area contributed by atoms with Crippen LogP contribution in [-0.4, -0.2) is 32.5 Å². The van der Waals surface area contributed by atoms with Crippen molar-refractivity contribution >= 4 is 5.91 Å². The number of amides is 1. The molecule has 1 aliphatic heterocycles. The molecular weight excluding hydrogens is 372 g/mol. The predicted molar refractivity (Wildman–Crippen MR) is 115 cm³/mol. The van der Waals surface area contributed by atoms with Crippen LogP contribution in [0.5, 0.6) is 0 Å². The number of nitrogens with one attached hydrogen (secondary N) is 1. The highest BCUT2D eigenvalue weighted by molar-refractivity contribution is 5.92. The van der Waals surface area contributed by atoms with Crippen LogP contribution in [0.25, 0.3) is 0 Å². The summed E-state index contributed by atoms with van der Waals surface area (Å²) in [6, 6.07) is 26.3. The second-order valence-corrected chi connectivity index (χ2v) is 7.51. The van der Waals surface area contributed by atoms with Crippen molar-refractivity contribution in [2.24, 2.45) is 0 Å². The second-order valence-electron chi connectivity index (χ2n) is 7.51. The molecule has 0 aliphatic carbocycles. The zero-order chi connectivity index (χ0) is 20.3. The molecule has 0 bridgehead atoms. The summed E-state index contributed by atoms with van der Waals surface area (Å²) in [6.07, 6.45) is 2.42. The standard InChI is InChI=1S/C25H22N4O/c30-25(22-13-7-8-15-26-22)29-16-14-21-20(17-29)24(28-27-21)23(18-9-3-1-4-10-18)19-11-5-2-6-12-19/h1-13,15,23H,14,16-17H2,(H,27,28). The number of hydrogen-bond acceptors (Lipinski definition) is 3. The maximum absolute atomic E-state index is 13.0. The molecule has 4 aromatic rings. The van der Waals surface area contributed by atoms with E-state index < -0.39 is 0 Å². The molecular formula is C25H22N4O. The fourth-order valence-corrected chi connectivity index (χ4v) is 4.18. The molecule has 2 aromatic carbocycles. The van der Waals surface area contributed by atoms with Crippen molar-refractivity contribution in [1.29, 1.82) is 0 Å². The van der Waals surface area contributed by atoms with Crippen molar-refractivity contribution in [3.05, 3.63) is 119 Å². The van der Waals surface area contributed by atoms with Crippen molar-refractivity contribution in [2.75, 3.05) is 6.54 Å². The minimum Gasteiger partial charge on any atom is -0.332 e. The van der Waals surface area contributed by atoms with E-state index in [-0.39, 0.29) is 11.8 Å². The van der Waals surface area contributed by atoms with Crippen molar-refractivity contribution in [2.45, 2.75) is 18.9 Å². The fraction of sp³-hybridized carbons (Fsp3) is 0.160. The summed E-state index contributed by atoms with van der Waals surface area (Å²) in [5, 5.41) is 7.98. The number of aromatic amines is 1. The molecule has 5 rings (SSSR count). The highest BCUT2D eigenvalue weighted by Gasteiger charge is 2.30. The maximum atomic E-state index is 13.0. The molecule has 1 amide bonds. The summed E-state index contributed by atoms with van der Waals surface area (Å²) >= 11 is 0. The third-order valence-electron chi connectivity index (χ3n) is 5.68. The van der Waals surface area contributed by atoms with Gasteiger partial charge in [0.05, 0.1) is 11.6 Å². The van der Waals surface area contributed by atoms with Crippen LogP contribution in [0.4, 0.5) is 0 Å². The van der Waals surface area contributed by atoms with Crippen LogP contribution in [0.3, 0.4) is 0 Å². The Morgan fingerprint density at radius 2 is 1.57 bits per heavy atom. The molecule has 2 aromatic heterocycles. The molecule has 0 unspecified atom stereocenters. The Bertz CT molecular complexity index is 1100. The Hall–Kier alpha value is -3.73. The van der Waals surface area contributed by atoms with Crippen molar-refractivity contribution < 1.29 is 4.79 Å². The molecule has 0 spiro atoms. The molecule has 5 heteroatoms. The van der Waals surface area contributed by atoms with Crippen molar-refractivity contribution in [3.63, 3.8) is 0 Å². The maximum Gasteiger partial charge on any atom is 0.272 e. The summed E-state index contributed by atoms with van der Waals surface area (Å²) in [6.45, 7) is 1.19. The number of rotatable bonds is 4. The lowest BCUT2D eigenvalue weighted by Gasteiger charge is -2.28. The number of carbonyl (C=O) groups excluding carboxylic acids is 1. The van der Waals surface area contributed by atoms with Gasteiger partial charge in [0.25, 0.3) is 5.91 Å². The molecule has 1 aliphatic rings. The van der Waals surface area contributed by atoms with Crippen molar-refractivity contribution in [1.82, 2.24) is 20.1 Å². The van der Waals surface area contributed by atoms with E-state index in [0.717, 1.165) is 23.4 Å². The number of benzene rings is 2. The molecule has 30 heavy (non-hydrogen) atoms. The van der Waals surface area contributed by atoms with Gasteiger partial charge in [-0.25, -0.2) is 0 Å². The Morgan fingerprint density at radius 3 is 2.20 bits per heavy atom. The highest BCUT2D eigenvalue weighted by Crippen LogP contribution is 2.35. The Balaban J connectivity index is 1.53. The van der Waals surface area contributed by atoms with E-state index in [4.69, 9.17) is 5.10 Å². The average Bonchev–Trinajstić information content (AvgIpc) is 3.24. The lowest BCUT2D eigenvalue weighted by Crippen LogP contribution is -2.36. The molecule has 148 valence electrons. The van der Waals surface area contributed by atoms with Gasteiger partial charge in [0.1, 0.15) is 5.69 Å². The summed E-state index contributed by atoms with van der Waals surface area (Å²) in [7, 11) is 0. The number of pyridine rings is 1. The number of carbonyl (C=O) groups is 1. The number of H-pyrrole nitrogens is 1. The zero-order valence-corrected chi connectivity index (χ0v) is 16.5. The summed E-state index contributed by atoms with van der Waals surface area (Å²) in [4.78, 5) is 19.1. The number of aromatic nitrogens is 3. The van der Waals surface area contributed by atoms with E-state index in [1.807, 2.05) is 29.2 Å². The largest absolute Gasteiger partial charge is 0.332 e. The lowest BCUT2D eigenvalue weighted by molar-refractivity contribution is 0.0728. The van der Waals surface area contributed by atoms with Gasteiger partial charge < -0.3 is 4.90 Å². The van der Waals surface area contributed by atoms with Crippen LogP contribution in [0.1, 0.15) is 44.5 Å². The van der Waals surface area contributed by atoms with E-state index in [9.17, 15) is 4.79 Å². The van der Waals surface area contributed by atoms with E-state index in [2.05, 4.69) is 58.6 Å². The molecule has 0 saturated heterocycles. The first-order chi connectivity index (χ1) is 14.8. The number of nitrogens with zero attached hydrogens (tertiary/aromatic N) is 3. The summed E-state index contributed by atoms with van der Waals surface area (Å²) in [5.41, 5.74) is 6.07. The first kappa shape index (κ1) is 18.3.